The van der Waals surface area contributed by atoms with Crippen molar-refractivity contribution in [1.82, 2.24) is 0 Å². The largest absolute Gasteiger partial charge is 0.455 e. The predicted molar refractivity (Wildman–Crippen MR) is 118 cm³/mol. The third-order valence-electron chi connectivity index (χ3n) is 4.96. The van der Waals surface area contributed by atoms with Gasteiger partial charge in [0.25, 0.3) is 6.04 Å². The predicted octanol–water partition coefficient (Wildman–Crippen LogP) is 3.67. The summed E-state index contributed by atoms with van der Waals surface area (Å²) in [5.74, 6) is 1.33. The number of carbonyl (C=O) groups is 1. The number of rotatable bonds is 10. The van der Waals surface area contributed by atoms with Crippen molar-refractivity contribution in [2.24, 2.45) is 23.7 Å². The van der Waals surface area contributed by atoms with Gasteiger partial charge in [0, 0.05) is 22.5 Å². The molecule has 0 bridgehead atoms. The molecule has 176 valence electrons. The van der Waals surface area contributed by atoms with E-state index in [4.69, 9.17) is 4.74 Å². The van der Waals surface area contributed by atoms with E-state index in [1.807, 2.05) is 27.7 Å². The minimum absolute atomic E-state index is 0.0132. The molecule has 6 unspecified atom stereocenters. The zero-order valence-corrected chi connectivity index (χ0v) is 20.0. The van der Waals surface area contributed by atoms with Crippen LogP contribution in [0.1, 0.15) is 61.3 Å². The van der Waals surface area contributed by atoms with E-state index in [9.17, 15) is 30.1 Å². The Balaban J connectivity index is 0.000000561. The molecule has 0 aromatic carbocycles. The van der Waals surface area contributed by atoms with E-state index >= 15 is 0 Å². The summed E-state index contributed by atoms with van der Waals surface area (Å²) in [6, 6.07) is -0.774. The summed E-state index contributed by atoms with van der Waals surface area (Å²) >= 11 is 1.55. The summed E-state index contributed by atoms with van der Waals surface area (Å²) in [5, 5.41) is 30.8. The van der Waals surface area contributed by atoms with Crippen molar-refractivity contribution in [2.45, 2.75) is 84.8 Å². The van der Waals surface area contributed by atoms with E-state index in [1.165, 1.54) is 6.92 Å². The van der Waals surface area contributed by atoms with Gasteiger partial charge < -0.3 is 9.84 Å². The number of thioether (sulfide) groups is 1. The first-order chi connectivity index (χ1) is 13.8. The fourth-order valence-corrected chi connectivity index (χ4v) is 5.39. The van der Waals surface area contributed by atoms with E-state index in [-0.39, 0.29) is 22.6 Å². The summed E-state index contributed by atoms with van der Waals surface area (Å²) in [6.45, 7) is 13.2. The lowest BCUT2D eigenvalue weighted by molar-refractivity contribution is -0.532. The second-order valence-electron chi connectivity index (χ2n) is 9.02. The maximum Gasteiger partial charge on any atom is 0.303 e. The quantitative estimate of drug-likeness (QED) is 0.303. The number of hydrogen-bond acceptors (Lipinski definition) is 8. The molecule has 10 heteroatoms. The molecule has 30 heavy (non-hydrogen) atoms. The van der Waals surface area contributed by atoms with Crippen LogP contribution in [0.2, 0.25) is 0 Å². The molecule has 1 saturated heterocycles. The molecule has 0 radical (unpaired) electrons. The van der Waals surface area contributed by atoms with Crippen LogP contribution in [0.25, 0.3) is 0 Å². The van der Waals surface area contributed by atoms with Crippen molar-refractivity contribution >= 4 is 17.7 Å². The zero-order chi connectivity index (χ0) is 23.6. The Hall–Kier alpha value is -1.42. The molecule has 0 aromatic heterocycles. The van der Waals surface area contributed by atoms with Gasteiger partial charge in [-0.15, -0.1) is 11.8 Å². The number of esters is 1. The van der Waals surface area contributed by atoms with Crippen LogP contribution in [0.3, 0.4) is 0 Å². The van der Waals surface area contributed by atoms with Gasteiger partial charge in [-0.25, -0.2) is 0 Å². The molecule has 1 fully saturated rings. The van der Waals surface area contributed by atoms with E-state index in [0.29, 0.717) is 23.5 Å². The summed E-state index contributed by atoms with van der Waals surface area (Å²) in [7, 11) is 0. The van der Waals surface area contributed by atoms with Crippen LogP contribution >= 0.6 is 11.8 Å². The number of nitrogens with zero attached hydrogens (tertiary/aromatic N) is 2. The summed E-state index contributed by atoms with van der Waals surface area (Å²) in [6.07, 6.45) is 0.407. The van der Waals surface area contributed by atoms with Gasteiger partial charge in [-0.05, 0) is 36.5 Å². The molecule has 1 heterocycles. The Labute approximate surface area is 183 Å². The molecular formula is C20H38N2O7S. The maximum absolute atomic E-state index is 10.8. The van der Waals surface area contributed by atoms with Crippen LogP contribution in [-0.2, 0) is 9.53 Å². The van der Waals surface area contributed by atoms with Crippen molar-refractivity contribution in [3.8, 4) is 0 Å². The van der Waals surface area contributed by atoms with Crippen LogP contribution in [0.15, 0.2) is 0 Å². The van der Waals surface area contributed by atoms with Gasteiger partial charge in [0.2, 0.25) is 6.54 Å². The van der Waals surface area contributed by atoms with Gasteiger partial charge in [-0.2, -0.15) is 0 Å². The average Bonchev–Trinajstić information content (AvgIpc) is 2.94. The van der Waals surface area contributed by atoms with Gasteiger partial charge in [0.15, 0.2) is 6.10 Å². The Bertz CT molecular complexity index is 543. The number of nitro groups is 2. The molecule has 0 saturated carbocycles. The molecule has 1 aliphatic heterocycles. The Morgan fingerprint density at radius 1 is 1.10 bits per heavy atom. The van der Waals surface area contributed by atoms with E-state index < -0.39 is 29.1 Å². The Morgan fingerprint density at radius 2 is 1.63 bits per heavy atom. The molecule has 0 spiro atoms. The SMILES string of the molecule is CC(=O)OC(C[N+](=O)[O-])C(C)CC(C)C.CC(C)CC(C)C1SCC(O)C1[N+](=O)[O-]. The minimum atomic E-state index is -0.774. The fraction of sp³-hybridized carbons (Fsp3) is 0.950. The summed E-state index contributed by atoms with van der Waals surface area (Å²) in [5.41, 5.74) is 0. The molecule has 1 rings (SSSR count). The minimum Gasteiger partial charge on any atom is -0.455 e. The number of carbonyl (C=O) groups excluding carboxylic acids is 1. The average molecular weight is 451 g/mol. The van der Waals surface area contributed by atoms with Crippen molar-refractivity contribution < 1.29 is 24.5 Å². The number of aliphatic hydroxyl groups excluding tert-OH is 1. The third-order valence-corrected chi connectivity index (χ3v) is 6.62. The van der Waals surface area contributed by atoms with Crippen molar-refractivity contribution in [1.29, 1.82) is 0 Å². The molecule has 0 aliphatic carbocycles. The molecule has 9 nitrogen and oxygen atoms in total. The molecule has 0 aromatic rings. The number of ether oxygens (including phenoxy) is 1. The maximum atomic E-state index is 10.8. The summed E-state index contributed by atoms with van der Waals surface area (Å²) < 4.78 is 4.94. The molecular weight excluding hydrogens is 412 g/mol. The highest BCUT2D eigenvalue weighted by molar-refractivity contribution is 8.00. The summed E-state index contributed by atoms with van der Waals surface area (Å²) in [4.78, 5) is 31.3. The number of hydrogen-bond donors (Lipinski definition) is 1. The monoisotopic (exact) mass is 450 g/mol. The smallest absolute Gasteiger partial charge is 0.303 e. The molecule has 6 atom stereocenters. The van der Waals surface area contributed by atoms with E-state index in [1.54, 1.807) is 11.8 Å². The second-order valence-corrected chi connectivity index (χ2v) is 10.2. The molecule has 0 amide bonds. The highest BCUT2D eigenvalue weighted by Crippen LogP contribution is 2.36. The van der Waals surface area contributed by atoms with E-state index in [2.05, 4.69) is 13.8 Å². The Kier molecular flexibility index (Phi) is 13.1. The highest BCUT2D eigenvalue weighted by atomic mass is 32.2. The first-order valence-corrected chi connectivity index (χ1v) is 11.5. The highest BCUT2D eigenvalue weighted by Gasteiger charge is 2.47. The van der Waals surface area contributed by atoms with E-state index in [0.717, 1.165) is 12.8 Å². The molecule has 1 N–H and O–H groups in total. The lowest BCUT2D eigenvalue weighted by Crippen LogP contribution is -2.40. The first-order valence-electron chi connectivity index (χ1n) is 10.5. The third kappa shape index (κ3) is 11.1. The van der Waals surface area contributed by atoms with Crippen LogP contribution < -0.4 is 0 Å². The zero-order valence-electron chi connectivity index (χ0n) is 19.1. The van der Waals surface area contributed by atoms with Gasteiger partial charge >= 0.3 is 5.97 Å². The van der Waals surface area contributed by atoms with Gasteiger partial charge in [0.1, 0.15) is 6.10 Å². The van der Waals surface area contributed by atoms with Crippen molar-refractivity contribution in [2.75, 3.05) is 12.3 Å². The fourth-order valence-electron chi connectivity index (χ4n) is 3.85. The van der Waals surface area contributed by atoms with Crippen LogP contribution in [-0.4, -0.2) is 56.7 Å². The van der Waals surface area contributed by atoms with Crippen LogP contribution in [0.4, 0.5) is 0 Å². The van der Waals surface area contributed by atoms with Crippen LogP contribution in [0.5, 0.6) is 0 Å². The topological polar surface area (TPSA) is 133 Å². The normalized spacial score (nSPS) is 24.0. The first kappa shape index (κ1) is 28.6. The van der Waals surface area contributed by atoms with Gasteiger partial charge in [-0.1, -0.05) is 41.5 Å². The van der Waals surface area contributed by atoms with Gasteiger partial charge in [-0.3, -0.25) is 25.0 Å². The number of aliphatic hydroxyl groups is 1. The Morgan fingerprint density at radius 3 is 2.03 bits per heavy atom. The van der Waals surface area contributed by atoms with Crippen molar-refractivity contribution in [3.05, 3.63) is 20.2 Å². The standard InChI is InChI=1S/C10H19NO4.C10H19NO3S/c1-7(2)5-8(3)10(6-11(13)14)15-9(4)12;1-6(2)4-7(3)10-9(11(13)14)8(12)5-15-10/h7-8,10H,5-6H2,1-4H3;6-10,12H,4-5H2,1-3H3. The second kappa shape index (κ2) is 13.8. The van der Waals surface area contributed by atoms with Gasteiger partial charge in [0.05, 0.1) is 5.25 Å². The lowest BCUT2D eigenvalue weighted by Gasteiger charge is -2.22. The van der Waals surface area contributed by atoms with Crippen LogP contribution in [0, 0.1) is 43.9 Å². The lowest BCUT2D eigenvalue weighted by atomic mass is 9.91. The molecule has 1 aliphatic rings. The van der Waals surface area contributed by atoms with Crippen molar-refractivity contribution in [3.63, 3.8) is 0 Å².